The second-order valence-electron chi connectivity index (χ2n) is 6.03. The number of halogens is 2. The highest BCUT2D eigenvalue weighted by atomic mass is 35.5. The number of aromatic carboxylic acids is 1. The maximum Gasteiger partial charge on any atom is 0.335 e. The lowest BCUT2D eigenvalue weighted by Gasteiger charge is -2.13. The molecule has 0 aromatic heterocycles. The van der Waals surface area contributed by atoms with E-state index in [2.05, 4.69) is 4.99 Å². The molecule has 0 aliphatic rings. The Bertz CT molecular complexity index is 1050. The van der Waals surface area contributed by atoms with Crippen molar-refractivity contribution in [1.82, 2.24) is 0 Å². The third-order valence-electron chi connectivity index (χ3n) is 4.07. The fourth-order valence-corrected chi connectivity index (χ4v) is 2.73. The van der Waals surface area contributed by atoms with E-state index >= 15 is 0 Å². The summed E-state index contributed by atoms with van der Waals surface area (Å²) >= 11 is 5.79. The highest BCUT2D eigenvalue weighted by Gasteiger charge is 2.10. The van der Waals surface area contributed by atoms with Crippen LogP contribution in [0.1, 0.15) is 21.5 Å². The SMILES string of the molecule is COc1cccc(C=Nc2ccc(F)c(Cl)c2)c1OCc1ccc(C(=O)O)cc1. The molecule has 3 aromatic carbocycles. The normalized spacial score (nSPS) is 10.9. The van der Waals surface area contributed by atoms with Crippen LogP contribution in [0.15, 0.2) is 65.7 Å². The molecule has 0 heterocycles. The maximum absolute atomic E-state index is 13.3. The van der Waals surface area contributed by atoms with Crippen molar-refractivity contribution in [3.8, 4) is 11.5 Å². The smallest absolute Gasteiger partial charge is 0.335 e. The fraction of sp³-hybridized carbons (Fsp3) is 0.0909. The van der Waals surface area contributed by atoms with Crippen LogP contribution in [0.3, 0.4) is 0 Å². The number of ether oxygens (including phenoxy) is 2. The van der Waals surface area contributed by atoms with Crippen LogP contribution in [-0.2, 0) is 6.61 Å². The number of methoxy groups -OCH3 is 1. The van der Waals surface area contributed by atoms with Gasteiger partial charge in [-0.1, -0.05) is 29.8 Å². The Morgan fingerprint density at radius 2 is 1.93 bits per heavy atom. The number of para-hydroxylation sites is 1. The lowest BCUT2D eigenvalue weighted by atomic mass is 10.1. The predicted molar refractivity (Wildman–Crippen MR) is 109 cm³/mol. The molecule has 0 aliphatic heterocycles. The van der Waals surface area contributed by atoms with Gasteiger partial charge in [0.05, 0.1) is 23.4 Å². The standard InChI is InChI=1S/C22H17ClFNO4/c1-28-20-4-2-3-16(12-25-17-9-10-19(24)18(23)11-17)21(20)29-13-14-5-7-15(8-6-14)22(26)27/h2-12H,13H2,1H3,(H,26,27). The van der Waals surface area contributed by atoms with E-state index in [1.165, 1.54) is 37.4 Å². The number of hydrogen-bond acceptors (Lipinski definition) is 4. The quantitative estimate of drug-likeness (QED) is 0.518. The molecule has 1 N–H and O–H groups in total. The zero-order chi connectivity index (χ0) is 20.8. The Kier molecular flexibility index (Phi) is 6.46. The summed E-state index contributed by atoms with van der Waals surface area (Å²) in [6.07, 6.45) is 1.58. The molecule has 0 spiro atoms. The molecular weight excluding hydrogens is 397 g/mol. The first-order chi connectivity index (χ1) is 14.0. The monoisotopic (exact) mass is 413 g/mol. The maximum atomic E-state index is 13.3. The topological polar surface area (TPSA) is 68.1 Å². The average Bonchev–Trinajstić information content (AvgIpc) is 2.73. The van der Waals surface area contributed by atoms with Gasteiger partial charge in [-0.15, -0.1) is 0 Å². The van der Waals surface area contributed by atoms with Gasteiger partial charge in [0.2, 0.25) is 0 Å². The molecular formula is C22H17ClFNO4. The Balaban J connectivity index is 1.82. The van der Waals surface area contributed by atoms with Crippen LogP contribution < -0.4 is 9.47 Å². The molecule has 0 amide bonds. The largest absolute Gasteiger partial charge is 0.493 e. The number of hydrogen-bond donors (Lipinski definition) is 1. The van der Waals surface area contributed by atoms with Crippen molar-refractivity contribution in [3.63, 3.8) is 0 Å². The predicted octanol–water partition coefficient (Wildman–Crippen LogP) is 5.52. The first-order valence-electron chi connectivity index (χ1n) is 8.59. The molecule has 0 aliphatic carbocycles. The summed E-state index contributed by atoms with van der Waals surface area (Å²) in [4.78, 5) is 15.3. The lowest BCUT2D eigenvalue weighted by molar-refractivity contribution is 0.0697. The minimum Gasteiger partial charge on any atom is -0.493 e. The van der Waals surface area contributed by atoms with Gasteiger partial charge in [-0.2, -0.15) is 0 Å². The van der Waals surface area contributed by atoms with Gasteiger partial charge in [-0.05, 0) is 48.0 Å². The van der Waals surface area contributed by atoms with Crippen LogP contribution in [0.25, 0.3) is 0 Å². The van der Waals surface area contributed by atoms with E-state index in [9.17, 15) is 9.18 Å². The van der Waals surface area contributed by atoms with E-state index in [1.54, 1.807) is 36.5 Å². The highest BCUT2D eigenvalue weighted by Crippen LogP contribution is 2.31. The summed E-state index contributed by atoms with van der Waals surface area (Å²) < 4.78 is 24.6. The van der Waals surface area contributed by atoms with E-state index in [0.29, 0.717) is 22.7 Å². The van der Waals surface area contributed by atoms with Crippen molar-refractivity contribution in [3.05, 3.63) is 88.2 Å². The Hall–Kier alpha value is -3.38. The third-order valence-corrected chi connectivity index (χ3v) is 4.36. The van der Waals surface area contributed by atoms with Crippen molar-refractivity contribution in [2.24, 2.45) is 4.99 Å². The van der Waals surface area contributed by atoms with Crippen molar-refractivity contribution in [2.75, 3.05) is 7.11 Å². The van der Waals surface area contributed by atoms with E-state index in [-0.39, 0.29) is 17.2 Å². The molecule has 0 atom stereocenters. The van der Waals surface area contributed by atoms with E-state index in [4.69, 9.17) is 26.2 Å². The molecule has 0 bridgehead atoms. The Morgan fingerprint density at radius 1 is 1.17 bits per heavy atom. The van der Waals surface area contributed by atoms with Crippen molar-refractivity contribution < 1.29 is 23.8 Å². The highest BCUT2D eigenvalue weighted by molar-refractivity contribution is 6.31. The number of carboxylic acid groups (broad SMARTS) is 1. The molecule has 0 fully saturated rings. The number of carbonyl (C=O) groups is 1. The zero-order valence-corrected chi connectivity index (χ0v) is 16.2. The summed E-state index contributed by atoms with van der Waals surface area (Å²) in [5.41, 5.74) is 2.16. The summed E-state index contributed by atoms with van der Waals surface area (Å²) in [6, 6.07) is 16.0. The first kappa shape index (κ1) is 20.4. The molecule has 148 valence electrons. The van der Waals surface area contributed by atoms with E-state index in [1.807, 2.05) is 0 Å². The minimum absolute atomic E-state index is 0.00780. The Morgan fingerprint density at radius 3 is 2.59 bits per heavy atom. The summed E-state index contributed by atoms with van der Waals surface area (Å²) in [7, 11) is 1.53. The number of benzene rings is 3. The average molecular weight is 414 g/mol. The van der Waals surface area contributed by atoms with Gasteiger partial charge in [-0.25, -0.2) is 9.18 Å². The Labute approximate surface area is 172 Å². The van der Waals surface area contributed by atoms with Crippen LogP contribution in [-0.4, -0.2) is 24.4 Å². The summed E-state index contributed by atoms with van der Waals surface area (Å²) in [5.74, 6) is -0.492. The van der Waals surface area contributed by atoms with Crippen molar-refractivity contribution in [1.29, 1.82) is 0 Å². The number of nitrogens with zero attached hydrogens (tertiary/aromatic N) is 1. The lowest BCUT2D eigenvalue weighted by Crippen LogP contribution is -2.02. The van der Waals surface area contributed by atoms with Crippen LogP contribution >= 0.6 is 11.6 Å². The second-order valence-corrected chi connectivity index (χ2v) is 6.43. The van der Waals surface area contributed by atoms with Gasteiger partial charge < -0.3 is 14.6 Å². The molecule has 5 nitrogen and oxygen atoms in total. The molecule has 0 saturated heterocycles. The van der Waals surface area contributed by atoms with E-state index < -0.39 is 11.8 Å². The van der Waals surface area contributed by atoms with Gasteiger partial charge in [0.1, 0.15) is 12.4 Å². The number of carboxylic acids is 1. The third kappa shape index (κ3) is 5.12. The van der Waals surface area contributed by atoms with Gasteiger partial charge in [0, 0.05) is 11.8 Å². The van der Waals surface area contributed by atoms with Gasteiger partial charge in [-0.3, -0.25) is 4.99 Å². The van der Waals surface area contributed by atoms with E-state index in [0.717, 1.165) is 5.56 Å². The second kappa shape index (κ2) is 9.21. The molecule has 3 aromatic rings. The summed E-state index contributed by atoms with van der Waals surface area (Å²) in [5, 5.41) is 8.97. The molecule has 29 heavy (non-hydrogen) atoms. The molecule has 7 heteroatoms. The van der Waals surface area contributed by atoms with Gasteiger partial charge >= 0.3 is 5.97 Å². The van der Waals surface area contributed by atoms with Gasteiger partial charge in [0.25, 0.3) is 0 Å². The van der Waals surface area contributed by atoms with Crippen molar-refractivity contribution >= 4 is 29.5 Å². The molecule has 0 unspecified atom stereocenters. The van der Waals surface area contributed by atoms with Crippen LogP contribution in [0, 0.1) is 5.82 Å². The molecule has 3 rings (SSSR count). The van der Waals surface area contributed by atoms with Crippen LogP contribution in [0.5, 0.6) is 11.5 Å². The molecule has 0 radical (unpaired) electrons. The summed E-state index contributed by atoms with van der Waals surface area (Å²) in [6.45, 7) is 0.212. The fourth-order valence-electron chi connectivity index (χ4n) is 2.56. The first-order valence-corrected chi connectivity index (χ1v) is 8.97. The van der Waals surface area contributed by atoms with Crippen LogP contribution in [0.4, 0.5) is 10.1 Å². The number of aliphatic imine (C=N–C) groups is 1. The zero-order valence-electron chi connectivity index (χ0n) is 15.4. The van der Waals surface area contributed by atoms with Gasteiger partial charge in [0.15, 0.2) is 11.5 Å². The van der Waals surface area contributed by atoms with Crippen molar-refractivity contribution in [2.45, 2.75) is 6.61 Å². The van der Waals surface area contributed by atoms with Crippen LogP contribution in [0.2, 0.25) is 5.02 Å². The number of rotatable bonds is 7. The minimum atomic E-state index is -0.985. The molecule has 0 saturated carbocycles.